The van der Waals surface area contributed by atoms with E-state index in [4.69, 9.17) is 14.2 Å². The summed E-state index contributed by atoms with van der Waals surface area (Å²) in [5, 5.41) is 0. The fourth-order valence-electron chi connectivity index (χ4n) is 4.11. The van der Waals surface area contributed by atoms with E-state index in [-0.39, 0.29) is 35.3 Å². The molecule has 3 rings (SSSR count). The van der Waals surface area contributed by atoms with E-state index in [2.05, 4.69) is 4.98 Å². The van der Waals surface area contributed by atoms with Crippen molar-refractivity contribution in [3.63, 3.8) is 0 Å². The highest BCUT2D eigenvalue weighted by molar-refractivity contribution is 5.99. The van der Waals surface area contributed by atoms with Gasteiger partial charge in [0.1, 0.15) is 11.9 Å². The first-order valence-electron chi connectivity index (χ1n) is 11.9. The van der Waals surface area contributed by atoms with Crippen molar-refractivity contribution in [2.75, 3.05) is 7.11 Å². The SMILES string of the molecule is COc1ccnc(C(=O)C[C@@H](C)C(=O)O[C@@H](C)[C@@H](c2ccccc2)c2ccc(F)c(C)c2)c1OC(C)=O. The van der Waals surface area contributed by atoms with Crippen molar-refractivity contribution < 1.29 is 33.0 Å². The third kappa shape index (κ3) is 6.78. The van der Waals surface area contributed by atoms with Crippen LogP contribution in [0, 0.1) is 18.7 Å². The Balaban J connectivity index is 1.79. The molecule has 37 heavy (non-hydrogen) atoms. The molecule has 0 unspecified atom stereocenters. The molecule has 0 N–H and O–H groups in total. The van der Waals surface area contributed by atoms with Gasteiger partial charge < -0.3 is 14.2 Å². The lowest BCUT2D eigenvalue weighted by Gasteiger charge is -2.26. The van der Waals surface area contributed by atoms with E-state index < -0.39 is 29.7 Å². The first kappa shape index (κ1) is 27.5. The number of carbonyl (C=O) groups is 3. The van der Waals surface area contributed by atoms with Crippen molar-refractivity contribution in [3.05, 3.63) is 89.0 Å². The average Bonchev–Trinajstić information content (AvgIpc) is 2.86. The van der Waals surface area contributed by atoms with Crippen LogP contribution in [-0.2, 0) is 14.3 Å². The van der Waals surface area contributed by atoms with Gasteiger partial charge in [-0.15, -0.1) is 0 Å². The van der Waals surface area contributed by atoms with Crippen LogP contribution >= 0.6 is 0 Å². The number of aromatic nitrogens is 1. The van der Waals surface area contributed by atoms with Crippen molar-refractivity contribution in [3.8, 4) is 11.5 Å². The van der Waals surface area contributed by atoms with E-state index in [0.29, 0.717) is 5.56 Å². The number of pyridine rings is 1. The maximum absolute atomic E-state index is 13.9. The Bertz CT molecular complexity index is 1280. The molecule has 0 saturated heterocycles. The molecule has 0 aliphatic heterocycles. The molecule has 0 saturated carbocycles. The molecular formula is C29H30FNO6. The Kier molecular flexibility index (Phi) is 9.11. The van der Waals surface area contributed by atoms with Crippen LogP contribution < -0.4 is 9.47 Å². The topological polar surface area (TPSA) is 91.8 Å². The minimum absolute atomic E-state index is 0.0905. The van der Waals surface area contributed by atoms with Crippen LogP contribution in [0.2, 0.25) is 0 Å². The maximum atomic E-state index is 13.9. The summed E-state index contributed by atoms with van der Waals surface area (Å²) in [6.45, 7) is 6.24. The van der Waals surface area contributed by atoms with Crippen molar-refractivity contribution in [1.82, 2.24) is 4.98 Å². The van der Waals surface area contributed by atoms with E-state index in [1.54, 1.807) is 32.9 Å². The lowest BCUT2D eigenvalue weighted by atomic mass is 9.86. The fourth-order valence-corrected chi connectivity index (χ4v) is 4.11. The number of methoxy groups -OCH3 is 1. The molecule has 0 aliphatic carbocycles. The molecule has 1 heterocycles. The Morgan fingerprint density at radius 1 is 1.00 bits per heavy atom. The van der Waals surface area contributed by atoms with Gasteiger partial charge >= 0.3 is 11.9 Å². The number of nitrogens with zero attached hydrogens (tertiary/aromatic N) is 1. The zero-order valence-electron chi connectivity index (χ0n) is 21.5. The maximum Gasteiger partial charge on any atom is 0.309 e. The number of benzene rings is 2. The second-order valence-electron chi connectivity index (χ2n) is 8.85. The van der Waals surface area contributed by atoms with Gasteiger partial charge in [-0.1, -0.05) is 49.4 Å². The van der Waals surface area contributed by atoms with Crippen LogP contribution in [0.5, 0.6) is 11.5 Å². The summed E-state index contributed by atoms with van der Waals surface area (Å²) < 4.78 is 30.1. The van der Waals surface area contributed by atoms with Gasteiger partial charge in [0.2, 0.25) is 5.75 Å². The minimum atomic E-state index is -0.806. The molecule has 194 valence electrons. The number of aryl methyl sites for hydroxylation is 1. The van der Waals surface area contributed by atoms with Crippen molar-refractivity contribution in [1.29, 1.82) is 0 Å². The van der Waals surface area contributed by atoms with Gasteiger partial charge in [-0.25, -0.2) is 9.37 Å². The zero-order chi connectivity index (χ0) is 27.1. The van der Waals surface area contributed by atoms with Crippen LogP contribution in [-0.4, -0.2) is 35.9 Å². The van der Waals surface area contributed by atoms with Crippen LogP contribution in [0.1, 0.15) is 60.3 Å². The molecule has 0 fully saturated rings. The van der Waals surface area contributed by atoms with E-state index >= 15 is 0 Å². The van der Waals surface area contributed by atoms with Crippen LogP contribution in [0.3, 0.4) is 0 Å². The first-order chi connectivity index (χ1) is 17.6. The number of hydrogen-bond acceptors (Lipinski definition) is 7. The van der Waals surface area contributed by atoms with Gasteiger partial charge in [-0.3, -0.25) is 14.4 Å². The number of halogens is 1. The van der Waals surface area contributed by atoms with Crippen LogP contribution in [0.25, 0.3) is 0 Å². The molecular weight excluding hydrogens is 477 g/mol. The summed E-state index contributed by atoms with van der Waals surface area (Å²) in [5.74, 6) is -3.08. The number of ether oxygens (including phenoxy) is 3. The number of Topliss-reactive ketones (excluding diaryl/α,β-unsaturated/α-hetero) is 1. The first-order valence-corrected chi connectivity index (χ1v) is 11.9. The van der Waals surface area contributed by atoms with Gasteiger partial charge in [-0.2, -0.15) is 0 Å². The molecule has 8 heteroatoms. The molecule has 3 atom stereocenters. The molecule has 0 aliphatic rings. The highest BCUT2D eigenvalue weighted by atomic mass is 19.1. The van der Waals surface area contributed by atoms with Gasteiger partial charge in [-0.05, 0) is 36.6 Å². The van der Waals surface area contributed by atoms with Crippen molar-refractivity contribution in [2.24, 2.45) is 5.92 Å². The van der Waals surface area contributed by atoms with Crippen LogP contribution in [0.4, 0.5) is 4.39 Å². The van der Waals surface area contributed by atoms with E-state index in [9.17, 15) is 18.8 Å². The summed E-state index contributed by atoms with van der Waals surface area (Å²) in [4.78, 5) is 41.6. The van der Waals surface area contributed by atoms with Gasteiger partial charge in [0, 0.05) is 31.5 Å². The molecule has 0 amide bonds. The Hall–Kier alpha value is -4.07. The summed E-state index contributed by atoms with van der Waals surface area (Å²) in [6, 6.07) is 15.8. The van der Waals surface area contributed by atoms with Gasteiger partial charge in [0.15, 0.2) is 17.2 Å². The molecule has 1 aromatic heterocycles. The number of rotatable bonds is 10. The average molecular weight is 508 g/mol. The predicted molar refractivity (Wildman–Crippen MR) is 135 cm³/mol. The molecule has 0 bridgehead atoms. The zero-order valence-corrected chi connectivity index (χ0v) is 21.5. The van der Waals surface area contributed by atoms with Crippen molar-refractivity contribution in [2.45, 2.75) is 46.1 Å². The highest BCUT2D eigenvalue weighted by Gasteiger charge is 2.29. The third-order valence-electron chi connectivity index (χ3n) is 5.96. The second kappa shape index (κ2) is 12.3. The van der Waals surface area contributed by atoms with Crippen LogP contribution in [0.15, 0.2) is 60.8 Å². The Morgan fingerprint density at radius 2 is 1.70 bits per heavy atom. The second-order valence-corrected chi connectivity index (χ2v) is 8.85. The predicted octanol–water partition coefficient (Wildman–Crippen LogP) is 5.44. The third-order valence-corrected chi connectivity index (χ3v) is 5.96. The summed E-state index contributed by atoms with van der Waals surface area (Å²) in [7, 11) is 1.38. The Labute approximate surface area is 215 Å². The number of ketones is 1. The highest BCUT2D eigenvalue weighted by Crippen LogP contribution is 2.33. The smallest absolute Gasteiger partial charge is 0.309 e. The quantitative estimate of drug-likeness (QED) is 0.267. The monoisotopic (exact) mass is 507 g/mol. The van der Waals surface area contributed by atoms with E-state index in [0.717, 1.165) is 11.1 Å². The summed E-state index contributed by atoms with van der Waals surface area (Å²) in [5.41, 5.74) is 2.10. The fraction of sp³-hybridized carbons (Fsp3) is 0.310. The van der Waals surface area contributed by atoms with E-state index in [1.165, 1.54) is 32.4 Å². The van der Waals surface area contributed by atoms with E-state index in [1.807, 2.05) is 30.3 Å². The van der Waals surface area contributed by atoms with Crippen molar-refractivity contribution >= 4 is 17.7 Å². The normalized spacial score (nSPS) is 13.2. The number of carbonyl (C=O) groups excluding carboxylic acids is 3. The lowest BCUT2D eigenvalue weighted by Crippen LogP contribution is -2.28. The lowest BCUT2D eigenvalue weighted by molar-refractivity contribution is -0.153. The minimum Gasteiger partial charge on any atom is -0.493 e. The van der Waals surface area contributed by atoms with Gasteiger partial charge in [0.05, 0.1) is 13.0 Å². The largest absolute Gasteiger partial charge is 0.493 e. The molecule has 3 aromatic rings. The standard InChI is InChI=1S/C29H30FNO6/c1-17-15-22(11-12-23(17)30)26(21-9-7-6-8-10-21)19(3)36-29(34)18(2)16-24(33)27-28(37-20(4)32)25(35-5)13-14-31-27/h6-15,18-19,26H,16H2,1-5H3/t18-,19+,26+/m1/s1. The summed E-state index contributed by atoms with van der Waals surface area (Å²) in [6.07, 6.45) is 0.536. The molecule has 0 spiro atoms. The van der Waals surface area contributed by atoms with Gasteiger partial charge in [0.25, 0.3) is 0 Å². The Morgan fingerprint density at radius 3 is 2.32 bits per heavy atom. The number of hydrogen-bond donors (Lipinski definition) is 0. The molecule has 7 nitrogen and oxygen atoms in total. The molecule has 2 aromatic carbocycles. The summed E-state index contributed by atoms with van der Waals surface area (Å²) >= 11 is 0. The number of esters is 2. The molecule has 0 radical (unpaired) electrons.